The first kappa shape index (κ1) is 21.6. The molecule has 0 aliphatic heterocycles. The van der Waals surface area contributed by atoms with Crippen LogP contribution in [0.1, 0.15) is 31.8 Å². The summed E-state index contributed by atoms with van der Waals surface area (Å²) in [4.78, 5) is 25.4. The molecule has 31 heavy (non-hydrogen) atoms. The van der Waals surface area contributed by atoms with Gasteiger partial charge in [0.1, 0.15) is 12.4 Å². The lowest BCUT2D eigenvalue weighted by molar-refractivity contribution is 0.0946. The van der Waals surface area contributed by atoms with Gasteiger partial charge in [-0.15, -0.1) is 6.58 Å². The standard InChI is InChI=1S/C27H23NO3/c1-2-12-21-13-6-9-18-25(21)31-20-11-10-19-28-27(30)24-17-8-7-16-23(24)26(29)22-14-4-3-5-15-22/h2-9,13-18H,1,12,19-20H2,(H,28,30). The number of ether oxygens (including phenoxy) is 1. The summed E-state index contributed by atoms with van der Waals surface area (Å²) in [7, 11) is 0. The first-order valence-corrected chi connectivity index (χ1v) is 9.95. The van der Waals surface area contributed by atoms with Gasteiger partial charge in [-0.3, -0.25) is 9.59 Å². The highest BCUT2D eigenvalue weighted by atomic mass is 16.5. The molecule has 0 aliphatic rings. The summed E-state index contributed by atoms with van der Waals surface area (Å²) >= 11 is 0. The third-order valence-electron chi connectivity index (χ3n) is 4.55. The minimum absolute atomic E-state index is 0.157. The average Bonchev–Trinajstić information content (AvgIpc) is 2.82. The molecule has 3 rings (SSSR count). The zero-order valence-corrected chi connectivity index (χ0v) is 17.1. The van der Waals surface area contributed by atoms with Gasteiger partial charge in [0, 0.05) is 11.1 Å². The van der Waals surface area contributed by atoms with E-state index in [2.05, 4.69) is 23.7 Å². The Hall–Kier alpha value is -4.10. The van der Waals surface area contributed by atoms with Crippen LogP contribution < -0.4 is 10.1 Å². The van der Waals surface area contributed by atoms with E-state index in [0.29, 0.717) is 16.7 Å². The van der Waals surface area contributed by atoms with Crippen molar-refractivity contribution in [1.29, 1.82) is 0 Å². The van der Waals surface area contributed by atoms with Crippen molar-refractivity contribution in [2.75, 3.05) is 13.2 Å². The molecule has 0 spiro atoms. The highest BCUT2D eigenvalue weighted by Crippen LogP contribution is 2.18. The van der Waals surface area contributed by atoms with Crippen LogP contribution in [0.4, 0.5) is 0 Å². The lowest BCUT2D eigenvalue weighted by atomic mass is 9.98. The fourth-order valence-corrected chi connectivity index (χ4v) is 3.04. The van der Waals surface area contributed by atoms with Gasteiger partial charge in [0.15, 0.2) is 5.78 Å². The van der Waals surface area contributed by atoms with Gasteiger partial charge in [-0.1, -0.05) is 84.6 Å². The number of amides is 1. The summed E-state index contributed by atoms with van der Waals surface area (Å²) in [6, 6.07) is 23.4. The maximum absolute atomic E-state index is 12.8. The number of rotatable bonds is 8. The maximum Gasteiger partial charge on any atom is 0.252 e. The second kappa shape index (κ2) is 11.2. The van der Waals surface area contributed by atoms with Crippen LogP contribution in [0.15, 0.2) is 91.5 Å². The molecule has 0 fully saturated rings. The third-order valence-corrected chi connectivity index (χ3v) is 4.55. The molecule has 1 amide bonds. The van der Waals surface area contributed by atoms with Gasteiger partial charge < -0.3 is 10.1 Å². The summed E-state index contributed by atoms with van der Waals surface area (Å²) in [6.45, 7) is 4.12. The Labute approximate surface area is 182 Å². The van der Waals surface area contributed by atoms with Gasteiger partial charge in [0.25, 0.3) is 5.91 Å². The summed E-state index contributed by atoms with van der Waals surface area (Å²) in [6.07, 6.45) is 2.55. The maximum atomic E-state index is 12.8. The molecule has 3 aromatic carbocycles. The van der Waals surface area contributed by atoms with E-state index in [1.54, 1.807) is 48.5 Å². The SMILES string of the molecule is C=CCc1ccccc1OCC#CCNC(=O)c1ccccc1C(=O)c1ccccc1. The normalized spacial score (nSPS) is 9.81. The summed E-state index contributed by atoms with van der Waals surface area (Å²) in [5, 5.41) is 2.74. The van der Waals surface area contributed by atoms with Gasteiger partial charge in [-0.25, -0.2) is 0 Å². The van der Waals surface area contributed by atoms with Gasteiger partial charge in [0.2, 0.25) is 0 Å². The van der Waals surface area contributed by atoms with E-state index in [0.717, 1.165) is 17.7 Å². The zero-order valence-electron chi connectivity index (χ0n) is 17.1. The average molecular weight is 409 g/mol. The number of carbonyl (C=O) groups excluding carboxylic acids is 2. The van der Waals surface area contributed by atoms with Crippen LogP contribution in [-0.4, -0.2) is 24.8 Å². The molecule has 4 heteroatoms. The summed E-state index contributed by atoms with van der Waals surface area (Å²) in [5.74, 6) is 6.01. The number of carbonyl (C=O) groups is 2. The van der Waals surface area contributed by atoms with Gasteiger partial charge in [0.05, 0.1) is 12.1 Å². The van der Waals surface area contributed by atoms with E-state index in [9.17, 15) is 9.59 Å². The molecule has 154 valence electrons. The van der Waals surface area contributed by atoms with Crippen molar-refractivity contribution in [2.45, 2.75) is 6.42 Å². The number of hydrogen-bond acceptors (Lipinski definition) is 3. The molecule has 0 unspecified atom stereocenters. The number of hydrogen-bond donors (Lipinski definition) is 1. The van der Waals surface area contributed by atoms with Crippen LogP contribution in [0, 0.1) is 11.8 Å². The van der Waals surface area contributed by atoms with Gasteiger partial charge in [-0.2, -0.15) is 0 Å². The van der Waals surface area contributed by atoms with Crippen LogP contribution in [0.25, 0.3) is 0 Å². The summed E-state index contributed by atoms with van der Waals surface area (Å²) in [5.41, 5.74) is 2.28. The van der Waals surface area contributed by atoms with E-state index >= 15 is 0 Å². The second-order valence-electron chi connectivity index (χ2n) is 6.67. The Morgan fingerprint density at radius 1 is 0.871 bits per heavy atom. The second-order valence-corrected chi connectivity index (χ2v) is 6.67. The molecule has 0 radical (unpaired) electrons. The Morgan fingerprint density at radius 2 is 1.55 bits per heavy atom. The smallest absolute Gasteiger partial charge is 0.252 e. The van der Waals surface area contributed by atoms with Crippen molar-refractivity contribution in [3.63, 3.8) is 0 Å². The highest BCUT2D eigenvalue weighted by Gasteiger charge is 2.17. The Morgan fingerprint density at radius 3 is 2.32 bits per heavy atom. The number of nitrogens with one attached hydrogen (secondary N) is 1. The van der Waals surface area contributed by atoms with Crippen molar-refractivity contribution < 1.29 is 14.3 Å². The van der Waals surface area contributed by atoms with E-state index in [1.165, 1.54) is 0 Å². The van der Waals surface area contributed by atoms with Crippen LogP contribution in [-0.2, 0) is 6.42 Å². The van der Waals surface area contributed by atoms with Crippen LogP contribution in [0.3, 0.4) is 0 Å². The number of allylic oxidation sites excluding steroid dienone is 1. The third kappa shape index (κ3) is 5.94. The molecular weight excluding hydrogens is 386 g/mol. The predicted molar refractivity (Wildman–Crippen MR) is 122 cm³/mol. The van der Waals surface area contributed by atoms with E-state index in [1.807, 2.05) is 36.4 Å². The largest absolute Gasteiger partial charge is 0.481 e. The molecule has 4 nitrogen and oxygen atoms in total. The number of para-hydroxylation sites is 1. The van der Waals surface area contributed by atoms with E-state index in [-0.39, 0.29) is 24.8 Å². The first-order chi connectivity index (χ1) is 15.2. The van der Waals surface area contributed by atoms with Crippen LogP contribution in [0.2, 0.25) is 0 Å². The fraction of sp³-hybridized carbons (Fsp3) is 0.111. The molecule has 0 atom stereocenters. The first-order valence-electron chi connectivity index (χ1n) is 9.95. The Balaban J connectivity index is 1.57. The molecule has 0 aromatic heterocycles. The van der Waals surface area contributed by atoms with Gasteiger partial charge >= 0.3 is 0 Å². The lowest BCUT2D eigenvalue weighted by Crippen LogP contribution is -2.25. The molecule has 0 bridgehead atoms. The van der Waals surface area contributed by atoms with Crippen molar-refractivity contribution in [1.82, 2.24) is 5.32 Å². The minimum Gasteiger partial charge on any atom is -0.481 e. The number of ketones is 1. The topological polar surface area (TPSA) is 55.4 Å². The molecule has 0 saturated carbocycles. The fourth-order valence-electron chi connectivity index (χ4n) is 3.04. The lowest BCUT2D eigenvalue weighted by Gasteiger charge is -2.08. The summed E-state index contributed by atoms with van der Waals surface area (Å²) < 4.78 is 5.70. The molecule has 3 aromatic rings. The molecule has 0 saturated heterocycles. The Kier molecular flexibility index (Phi) is 7.79. The van der Waals surface area contributed by atoms with Crippen molar-refractivity contribution in [3.05, 3.63) is 114 Å². The minimum atomic E-state index is -0.341. The van der Waals surface area contributed by atoms with Gasteiger partial charge in [-0.05, 0) is 24.1 Å². The molecule has 1 N–H and O–H groups in total. The Bertz CT molecular complexity index is 1120. The van der Waals surface area contributed by atoms with Crippen molar-refractivity contribution >= 4 is 11.7 Å². The van der Waals surface area contributed by atoms with Crippen molar-refractivity contribution in [3.8, 4) is 17.6 Å². The molecular formula is C27H23NO3. The molecule has 0 aliphatic carbocycles. The van der Waals surface area contributed by atoms with E-state index in [4.69, 9.17) is 4.74 Å². The van der Waals surface area contributed by atoms with E-state index < -0.39 is 0 Å². The monoisotopic (exact) mass is 409 g/mol. The van der Waals surface area contributed by atoms with Crippen LogP contribution >= 0.6 is 0 Å². The van der Waals surface area contributed by atoms with Crippen LogP contribution in [0.5, 0.6) is 5.75 Å². The highest BCUT2D eigenvalue weighted by molar-refractivity contribution is 6.15. The van der Waals surface area contributed by atoms with Crippen molar-refractivity contribution in [2.24, 2.45) is 0 Å². The zero-order chi connectivity index (χ0) is 21.9. The quantitative estimate of drug-likeness (QED) is 0.340. The molecule has 0 heterocycles. The number of benzene rings is 3. The predicted octanol–water partition coefficient (Wildman–Crippen LogP) is 4.46.